The Morgan fingerprint density at radius 1 is 1.44 bits per heavy atom. The maximum Gasteiger partial charge on any atom is 0.141 e. The summed E-state index contributed by atoms with van der Waals surface area (Å²) in [6, 6.07) is 5.85. The lowest BCUT2D eigenvalue weighted by Crippen LogP contribution is -2.24. The van der Waals surface area contributed by atoms with E-state index < -0.39 is 0 Å². The molecule has 0 aliphatic carbocycles. The molecule has 0 amide bonds. The molecule has 2 aromatic rings. The molecule has 2 aromatic heterocycles. The maximum absolute atomic E-state index is 13.2. The summed E-state index contributed by atoms with van der Waals surface area (Å²) in [6.45, 7) is 3.05. The quantitative estimate of drug-likeness (QED) is 0.863. The second kappa shape index (κ2) is 6.61. The van der Waals surface area contributed by atoms with Crippen molar-refractivity contribution >= 4 is 11.3 Å². The fraction of sp³-hybridized carbons (Fsp3) is 0.357. The minimum Gasteiger partial charge on any atom is -0.310 e. The van der Waals surface area contributed by atoms with Gasteiger partial charge in [-0.3, -0.25) is 4.98 Å². The predicted molar refractivity (Wildman–Crippen MR) is 73.3 cm³/mol. The number of aromatic nitrogens is 1. The Balaban J connectivity index is 2.13. The number of nitrogens with zero attached hydrogens (tertiary/aromatic N) is 1. The van der Waals surface area contributed by atoms with Crippen LogP contribution in [-0.2, 0) is 6.42 Å². The Hall–Kier alpha value is -1.26. The molecule has 0 spiro atoms. The van der Waals surface area contributed by atoms with E-state index in [1.54, 1.807) is 23.6 Å². The van der Waals surface area contributed by atoms with Crippen molar-refractivity contribution in [3.05, 3.63) is 52.2 Å². The van der Waals surface area contributed by atoms with Crippen molar-refractivity contribution in [1.29, 1.82) is 0 Å². The largest absolute Gasteiger partial charge is 0.310 e. The van der Waals surface area contributed by atoms with Gasteiger partial charge >= 0.3 is 0 Å². The van der Waals surface area contributed by atoms with Gasteiger partial charge in [0.15, 0.2) is 0 Å². The summed E-state index contributed by atoms with van der Waals surface area (Å²) in [5, 5.41) is 5.52. The lowest BCUT2D eigenvalue weighted by molar-refractivity contribution is 0.524. The fourth-order valence-corrected chi connectivity index (χ4v) is 2.63. The van der Waals surface area contributed by atoms with Gasteiger partial charge in [-0.2, -0.15) is 0 Å². The number of thiophene rings is 1. The Morgan fingerprint density at radius 2 is 2.33 bits per heavy atom. The molecular weight excluding hydrogens is 247 g/mol. The molecule has 2 heterocycles. The second-order valence-corrected chi connectivity index (χ2v) is 5.26. The third-order valence-corrected chi connectivity index (χ3v) is 3.65. The first kappa shape index (κ1) is 13.2. The van der Waals surface area contributed by atoms with Crippen LogP contribution >= 0.6 is 11.3 Å². The van der Waals surface area contributed by atoms with E-state index in [1.165, 1.54) is 11.1 Å². The van der Waals surface area contributed by atoms with Crippen LogP contribution < -0.4 is 5.32 Å². The summed E-state index contributed by atoms with van der Waals surface area (Å²) in [5.74, 6) is -0.276. The van der Waals surface area contributed by atoms with Gasteiger partial charge in [-0.15, -0.1) is 11.3 Å². The average molecular weight is 264 g/mol. The van der Waals surface area contributed by atoms with E-state index in [-0.39, 0.29) is 11.9 Å². The van der Waals surface area contributed by atoms with Gasteiger partial charge in [-0.05, 0) is 36.0 Å². The normalized spacial score (nSPS) is 12.6. The number of hydrogen-bond donors (Lipinski definition) is 1. The number of hydrogen-bond acceptors (Lipinski definition) is 3. The Morgan fingerprint density at radius 3 is 3.00 bits per heavy atom. The smallest absolute Gasteiger partial charge is 0.141 e. The molecular formula is C14H17FN2S. The van der Waals surface area contributed by atoms with Gasteiger partial charge in [-0.25, -0.2) is 4.39 Å². The molecule has 18 heavy (non-hydrogen) atoms. The van der Waals surface area contributed by atoms with Gasteiger partial charge in [0.05, 0.1) is 6.20 Å². The molecule has 1 unspecified atom stereocenters. The first-order chi connectivity index (χ1) is 8.79. The first-order valence-corrected chi connectivity index (χ1v) is 7.03. The van der Waals surface area contributed by atoms with Crippen molar-refractivity contribution < 1.29 is 4.39 Å². The molecule has 0 saturated heterocycles. The zero-order valence-electron chi connectivity index (χ0n) is 10.4. The van der Waals surface area contributed by atoms with E-state index in [4.69, 9.17) is 0 Å². The molecule has 2 rings (SSSR count). The summed E-state index contributed by atoms with van der Waals surface area (Å²) >= 11 is 1.73. The van der Waals surface area contributed by atoms with Crippen LogP contribution in [0.25, 0.3) is 0 Å². The van der Waals surface area contributed by atoms with Crippen LogP contribution in [0.1, 0.15) is 29.8 Å². The van der Waals surface area contributed by atoms with Crippen molar-refractivity contribution in [3.63, 3.8) is 0 Å². The van der Waals surface area contributed by atoms with Gasteiger partial charge in [0.25, 0.3) is 0 Å². The highest BCUT2D eigenvalue weighted by molar-refractivity contribution is 7.09. The van der Waals surface area contributed by atoms with E-state index in [0.29, 0.717) is 0 Å². The van der Waals surface area contributed by atoms with Gasteiger partial charge in [0.2, 0.25) is 0 Å². The van der Waals surface area contributed by atoms with Crippen LogP contribution in [0.3, 0.4) is 0 Å². The van der Waals surface area contributed by atoms with Gasteiger partial charge in [0, 0.05) is 23.5 Å². The van der Waals surface area contributed by atoms with E-state index in [2.05, 4.69) is 28.7 Å². The predicted octanol–water partition coefficient (Wildman–Crippen LogP) is 3.57. The monoisotopic (exact) mass is 264 g/mol. The van der Waals surface area contributed by atoms with Crippen LogP contribution in [0.2, 0.25) is 0 Å². The molecule has 0 bridgehead atoms. The fourth-order valence-electron chi connectivity index (χ4n) is 1.88. The first-order valence-electron chi connectivity index (χ1n) is 6.16. The van der Waals surface area contributed by atoms with E-state index in [0.717, 1.165) is 24.9 Å². The lowest BCUT2D eigenvalue weighted by atomic mass is 10.0. The van der Waals surface area contributed by atoms with Crippen LogP contribution in [0.15, 0.2) is 36.0 Å². The Kier molecular flexibility index (Phi) is 4.84. The molecule has 1 atom stereocenters. The lowest BCUT2D eigenvalue weighted by Gasteiger charge is -2.18. The standard InChI is InChI=1S/C14H17FN2S/c1-2-5-17-14(8-13-4-3-6-18-13)11-7-12(15)10-16-9-11/h3-4,6-7,9-10,14,17H,2,5,8H2,1H3. The molecule has 1 N–H and O–H groups in total. The summed E-state index contributed by atoms with van der Waals surface area (Å²) in [5.41, 5.74) is 0.914. The van der Waals surface area contributed by atoms with E-state index in [9.17, 15) is 4.39 Å². The zero-order valence-corrected chi connectivity index (χ0v) is 11.2. The summed E-state index contributed by atoms with van der Waals surface area (Å²) in [4.78, 5) is 5.23. The van der Waals surface area contributed by atoms with E-state index >= 15 is 0 Å². The van der Waals surface area contributed by atoms with Gasteiger partial charge < -0.3 is 5.32 Å². The molecule has 0 aliphatic rings. The molecule has 2 nitrogen and oxygen atoms in total. The third kappa shape index (κ3) is 3.62. The highest BCUT2D eigenvalue weighted by atomic mass is 32.1. The third-order valence-electron chi connectivity index (χ3n) is 2.75. The number of halogens is 1. The van der Waals surface area contributed by atoms with Gasteiger partial charge in [0.1, 0.15) is 5.82 Å². The summed E-state index contributed by atoms with van der Waals surface area (Å²) < 4.78 is 13.2. The van der Waals surface area contributed by atoms with Crippen molar-refractivity contribution in [2.24, 2.45) is 0 Å². The van der Waals surface area contributed by atoms with Gasteiger partial charge in [-0.1, -0.05) is 13.0 Å². The molecule has 96 valence electrons. The minimum atomic E-state index is -0.276. The van der Waals surface area contributed by atoms with Crippen LogP contribution in [-0.4, -0.2) is 11.5 Å². The van der Waals surface area contributed by atoms with Crippen molar-refractivity contribution in [2.75, 3.05) is 6.54 Å². The number of nitrogens with one attached hydrogen (secondary N) is 1. The molecule has 0 radical (unpaired) electrons. The SMILES string of the molecule is CCCNC(Cc1cccs1)c1cncc(F)c1. The average Bonchev–Trinajstić information content (AvgIpc) is 2.87. The molecule has 0 aliphatic heterocycles. The van der Waals surface area contributed by atoms with Crippen molar-refractivity contribution in [3.8, 4) is 0 Å². The van der Waals surface area contributed by atoms with Crippen LogP contribution in [0.4, 0.5) is 4.39 Å². The molecule has 0 aromatic carbocycles. The highest BCUT2D eigenvalue weighted by Gasteiger charge is 2.13. The number of pyridine rings is 1. The van der Waals surface area contributed by atoms with Crippen molar-refractivity contribution in [2.45, 2.75) is 25.8 Å². The van der Waals surface area contributed by atoms with Crippen molar-refractivity contribution in [1.82, 2.24) is 10.3 Å². The molecule has 4 heteroatoms. The van der Waals surface area contributed by atoms with Crippen LogP contribution in [0, 0.1) is 5.82 Å². The zero-order chi connectivity index (χ0) is 12.8. The Labute approximate surface area is 111 Å². The van der Waals surface area contributed by atoms with Crippen LogP contribution in [0.5, 0.6) is 0 Å². The minimum absolute atomic E-state index is 0.131. The number of rotatable bonds is 6. The topological polar surface area (TPSA) is 24.9 Å². The maximum atomic E-state index is 13.2. The summed E-state index contributed by atoms with van der Waals surface area (Å²) in [7, 11) is 0. The highest BCUT2D eigenvalue weighted by Crippen LogP contribution is 2.21. The molecule has 0 fully saturated rings. The second-order valence-electron chi connectivity index (χ2n) is 4.23. The molecule has 0 saturated carbocycles. The Bertz CT molecular complexity index is 470. The summed E-state index contributed by atoms with van der Waals surface area (Å²) in [6.07, 6.45) is 4.92. The van der Waals surface area contributed by atoms with E-state index in [1.807, 2.05) is 6.07 Å².